The Morgan fingerprint density at radius 1 is 1.33 bits per heavy atom. The summed E-state index contributed by atoms with van der Waals surface area (Å²) in [6.45, 7) is 7.58. The fraction of sp³-hybridized carbons (Fsp3) is 0.273. The highest BCUT2D eigenvalue weighted by Crippen LogP contribution is 2.01. The first-order chi connectivity index (χ1) is 5.74. The van der Waals surface area contributed by atoms with Gasteiger partial charge in [-0.2, -0.15) is 0 Å². The number of rotatable bonds is 4. The third-order valence-electron chi connectivity index (χ3n) is 1.43. The molecule has 0 saturated carbocycles. The van der Waals surface area contributed by atoms with Crippen molar-refractivity contribution >= 4 is 0 Å². The first-order valence-electron chi connectivity index (χ1n) is 3.92. The summed E-state index contributed by atoms with van der Waals surface area (Å²) in [4.78, 5) is 0. The molecule has 0 fully saturated rings. The van der Waals surface area contributed by atoms with Crippen LogP contribution in [0.5, 0.6) is 0 Å². The number of hydrogen-bond acceptors (Lipinski definition) is 1. The molecule has 0 aromatic carbocycles. The Kier molecular flexibility index (Phi) is 5.80. The van der Waals surface area contributed by atoms with Gasteiger partial charge in [0.05, 0.1) is 12.9 Å². The van der Waals surface area contributed by atoms with Crippen LogP contribution in [0.15, 0.2) is 48.3 Å². The summed E-state index contributed by atoms with van der Waals surface area (Å²) in [5.41, 5.74) is 1.08. The SMILES string of the molecule is C=CC(/C=C\C)=C/C=C(\C)OC. The van der Waals surface area contributed by atoms with Crippen LogP contribution in [0.4, 0.5) is 0 Å². The monoisotopic (exact) mass is 164 g/mol. The van der Waals surface area contributed by atoms with Gasteiger partial charge in [-0.3, -0.25) is 0 Å². The average molecular weight is 164 g/mol. The zero-order valence-corrected chi connectivity index (χ0v) is 8.00. The Balaban J connectivity index is 4.39. The van der Waals surface area contributed by atoms with Crippen molar-refractivity contribution in [1.82, 2.24) is 0 Å². The standard InChI is InChI=1S/C11H16O/c1-5-7-11(6-2)9-8-10(3)12-4/h5-9H,2H2,1,3-4H3/b7-5-,10-8+,11-9-. The summed E-state index contributed by atoms with van der Waals surface area (Å²) in [6.07, 6.45) is 9.65. The summed E-state index contributed by atoms with van der Waals surface area (Å²) >= 11 is 0. The van der Waals surface area contributed by atoms with E-state index < -0.39 is 0 Å². The van der Waals surface area contributed by atoms with E-state index in [1.807, 2.05) is 38.2 Å². The van der Waals surface area contributed by atoms with Crippen molar-refractivity contribution in [3.63, 3.8) is 0 Å². The molecule has 0 heterocycles. The van der Waals surface area contributed by atoms with Crippen LogP contribution < -0.4 is 0 Å². The highest BCUT2D eigenvalue weighted by atomic mass is 16.5. The molecule has 0 unspecified atom stereocenters. The van der Waals surface area contributed by atoms with Gasteiger partial charge in [-0.25, -0.2) is 0 Å². The topological polar surface area (TPSA) is 9.23 Å². The van der Waals surface area contributed by atoms with E-state index in [0.29, 0.717) is 0 Å². The lowest BCUT2D eigenvalue weighted by molar-refractivity contribution is 0.294. The number of ether oxygens (including phenoxy) is 1. The molecule has 0 bridgehead atoms. The van der Waals surface area contributed by atoms with Gasteiger partial charge in [0.25, 0.3) is 0 Å². The lowest BCUT2D eigenvalue weighted by Gasteiger charge is -1.95. The van der Waals surface area contributed by atoms with Crippen LogP contribution in [-0.2, 0) is 4.74 Å². The minimum atomic E-state index is 0.888. The predicted octanol–water partition coefficient (Wildman–Crippen LogP) is 3.23. The summed E-state index contributed by atoms with van der Waals surface area (Å²) in [5, 5.41) is 0. The highest BCUT2D eigenvalue weighted by Gasteiger charge is 1.82. The first kappa shape index (κ1) is 10.8. The summed E-state index contributed by atoms with van der Waals surface area (Å²) in [7, 11) is 1.66. The van der Waals surface area contributed by atoms with Gasteiger partial charge >= 0.3 is 0 Å². The van der Waals surface area contributed by atoms with Gasteiger partial charge in [-0.1, -0.05) is 30.9 Å². The molecule has 1 heteroatoms. The Morgan fingerprint density at radius 3 is 2.42 bits per heavy atom. The Bertz CT molecular complexity index is 219. The lowest BCUT2D eigenvalue weighted by Crippen LogP contribution is -1.77. The van der Waals surface area contributed by atoms with Gasteiger partial charge in [0.1, 0.15) is 0 Å². The quantitative estimate of drug-likeness (QED) is 0.458. The third kappa shape index (κ3) is 4.56. The Labute approximate surface area is 74.7 Å². The Morgan fingerprint density at radius 2 is 2.00 bits per heavy atom. The normalized spacial score (nSPS) is 13.6. The molecule has 0 aliphatic carbocycles. The molecule has 0 spiro atoms. The second-order valence-corrected chi connectivity index (χ2v) is 2.35. The lowest BCUT2D eigenvalue weighted by atomic mass is 10.2. The molecule has 0 aliphatic heterocycles. The number of methoxy groups -OCH3 is 1. The van der Waals surface area contributed by atoms with Crippen LogP contribution in [0, 0.1) is 0 Å². The molecule has 0 atom stereocenters. The maximum absolute atomic E-state index is 4.98. The molecule has 66 valence electrons. The van der Waals surface area contributed by atoms with Crippen molar-refractivity contribution in [3.05, 3.63) is 48.3 Å². The molecular weight excluding hydrogens is 148 g/mol. The van der Waals surface area contributed by atoms with Crippen LogP contribution in [0.2, 0.25) is 0 Å². The van der Waals surface area contributed by atoms with Crippen molar-refractivity contribution in [2.24, 2.45) is 0 Å². The first-order valence-corrected chi connectivity index (χ1v) is 3.92. The van der Waals surface area contributed by atoms with Crippen LogP contribution in [0.1, 0.15) is 13.8 Å². The minimum Gasteiger partial charge on any atom is -0.501 e. The highest BCUT2D eigenvalue weighted by molar-refractivity contribution is 5.32. The summed E-state index contributed by atoms with van der Waals surface area (Å²) in [6, 6.07) is 0. The van der Waals surface area contributed by atoms with Gasteiger partial charge in [0.15, 0.2) is 0 Å². The molecule has 0 saturated heterocycles. The van der Waals surface area contributed by atoms with Crippen molar-refractivity contribution in [3.8, 4) is 0 Å². The summed E-state index contributed by atoms with van der Waals surface area (Å²) in [5.74, 6) is 0.888. The van der Waals surface area contributed by atoms with E-state index in [4.69, 9.17) is 4.74 Å². The van der Waals surface area contributed by atoms with Crippen LogP contribution in [0.3, 0.4) is 0 Å². The Hall–Kier alpha value is -1.24. The smallest absolute Gasteiger partial charge is 0.0924 e. The molecular formula is C11H16O. The van der Waals surface area contributed by atoms with E-state index in [1.54, 1.807) is 13.2 Å². The summed E-state index contributed by atoms with van der Waals surface area (Å²) < 4.78 is 4.98. The van der Waals surface area contributed by atoms with Crippen molar-refractivity contribution in [2.45, 2.75) is 13.8 Å². The predicted molar refractivity (Wildman–Crippen MR) is 53.9 cm³/mol. The van der Waals surface area contributed by atoms with Gasteiger partial charge in [-0.05, 0) is 25.5 Å². The second-order valence-electron chi connectivity index (χ2n) is 2.35. The van der Waals surface area contributed by atoms with Crippen molar-refractivity contribution in [1.29, 1.82) is 0 Å². The fourth-order valence-electron chi connectivity index (χ4n) is 0.666. The van der Waals surface area contributed by atoms with E-state index in [-0.39, 0.29) is 0 Å². The van der Waals surface area contributed by atoms with Crippen LogP contribution in [0.25, 0.3) is 0 Å². The minimum absolute atomic E-state index is 0.888. The van der Waals surface area contributed by atoms with Gasteiger partial charge < -0.3 is 4.74 Å². The molecule has 0 aromatic rings. The van der Waals surface area contributed by atoms with E-state index in [0.717, 1.165) is 11.3 Å². The molecule has 0 N–H and O–H groups in total. The second kappa shape index (κ2) is 6.47. The molecule has 0 aliphatic rings. The zero-order valence-electron chi connectivity index (χ0n) is 8.00. The van der Waals surface area contributed by atoms with E-state index in [9.17, 15) is 0 Å². The van der Waals surface area contributed by atoms with E-state index >= 15 is 0 Å². The van der Waals surface area contributed by atoms with Crippen LogP contribution >= 0.6 is 0 Å². The maximum atomic E-state index is 4.98. The molecule has 0 rings (SSSR count). The zero-order chi connectivity index (χ0) is 9.40. The maximum Gasteiger partial charge on any atom is 0.0924 e. The number of allylic oxidation sites excluding steroid dienone is 7. The largest absolute Gasteiger partial charge is 0.501 e. The molecule has 0 aromatic heterocycles. The van der Waals surface area contributed by atoms with Gasteiger partial charge in [-0.15, -0.1) is 0 Å². The van der Waals surface area contributed by atoms with Crippen LogP contribution in [-0.4, -0.2) is 7.11 Å². The van der Waals surface area contributed by atoms with Gasteiger partial charge in [0.2, 0.25) is 0 Å². The average Bonchev–Trinajstić information content (AvgIpc) is 2.11. The van der Waals surface area contributed by atoms with E-state index in [1.165, 1.54) is 0 Å². The van der Waals surface area contributed by atoms with Crippen molar-refractivity contribution in [2.75, 3.05) is 7.11 Å². The molecule has 12 heavy (non-hydrogen) atoms. The van der Waals surface area contributed by atoms with Crippen molar-refractivity contribution < 1.29 is 4.74 Å². The molecule has 0 radical (unpaired) electrons. The molecule has 0 amide bonds. The fourth-order valence-corrected chi connectivity index (χ4v) is 0.666. The van der Waals surface area contributed by atoms with E-state index in [2.05, 4.69) is 6.58 Å². The number of hydrogen-bond donors (Lipinski definition) is 0. The third-order valence-corrected chi connectivity index (χ3v) is 1.43. The van der Waals surface area contributed by atoms with Gasteiger partial charge in [0, 0.05) is 0 Å². The molecule has 1 nitrogen and oxygen atoms in total.